The quantitative estimate of drug-likeness (QED) is 0.630. The second-order valence-electron chi connectivity index (χ2n) is 6.18. The summed E-state index contributed by atoms with van der Waals surface area (Å²) in [4.78, 5) is 23.3. The molecule has 0 bridgehead atoms. The molecule has 0 fully saturated rings. The molecule has 0 saturated carbocycles. The molecule has 0 spiro atoms. The van der Waals surface area contributed by atoms with Gasteiger partial charge < -0.3 is 10.6 Å². The Kier molecular flexibility index (Phi) is 6.70. The summed E-state index contributed by atoms with van der Waals surface area (Å²) in [7, 11) is -3.63. The number of aryl methyl sites for hydroxylation is 2. The number of hydrogen-bond acceptors (Lipinski definition) is 4. The van der Waals surface area contributed by atoms with Crippen LogP contribution in [0.3, 0.4) is 0 Å². The summed E-state index contributed by atoms with van der Waals surface area (Å²) in [6, 6.07) is 11.6. The number of sulfonamides is 1. The van der Waals surface area contributed by atoms with Gasteiger partial charge in [-0.15, -0.1) is 0 Å². The van der Waals surface area contributed by atoms with Gasteiger partial charge in [0.1, 0.15) is 0 Å². The third kappa shape index (κ3) is 5.90. The molecule has 2 amide bonds. The second-order valence-corrected chi connectivity index (χ2v) is 7.92. The molecule has 0 aromatic heterocycles. The van der Waals surface area contributed by atoms with Gasteiger partial charge in [-0.1, -0.05) is 12.1 Å². The summed E-state index contributed by atoms with van der Waals surface area (Å²) in [5.41, 5.74) is 2.54. The molecule has 7 nitrogen and oxygen atoms in total. The molecule has 27 heavy (non-hydrogen) atoms. The average molecular weight is 389 g/mol. The van der Waals surface area contributed by atoms with Crippen LogP contribution in [0.25, 0.3) is 0 Å². The van der Waals surface area contributed by atoms with Gasteiger partial charge in [0.15, 0.2) is 0 Å². The molecule has 2 rings (SSSR count). The number of benzene rings is 2. The van der Waals surface area contributed by atoms with E-state index in [0.717, 1.165) is 5.56 Å². The highest BCUT2D eigenvalue weighted by Gasteiger charge is 2.16. The van der Waals surface area contributed by atoms with Gasteiger partial charge in [-0.25, -0.2) is 13.1 Å². The standard InChI is InChI=1S/C19H23N3O4S/c1-13-4-5-14(2)18(12-13)27(25,26)21-11-10-20-19(24)16-6-8-17(9-7-16)22-15(3)23/h4-9,12,21H,10-11H2,1-3H3,(H,20,24)(H,22,23). The number of carbonyl (C=O) groups excluding carboxylic acids is 2. The summed E-state index contributed by atoms with van der Waals surface area (Å²) in [5, 5.41) is 5.27. The Morgan fingerprint density at radius 2 is 1.63 bits per heavy atom. The highest BCUT2D eigenvalue weighted by atomic mass is 32.2. The maximum Gasteiger partial charge on any atom is 0.251 e. The van der Waals surface area contributed by atoms with Gasteiger partial charge >= 0.3 is 0 Å². The predicted molar refractivity (Wildman–Crippen MR) is 104 cm³/mol. The zero-order valence-electron chi connectivity index (χ0n) is 15.5. The molecular weight excluding hydrogens is 366 g/mol. The van der Waals surface area contributed by atoms with E-state index >= 15 is 0 Å². The molecule has 0 heterocycles. The predicted octanol–water partition coefficient (Wildman–Crippen LogP) is 1.97. The van der Waals surface area contributed by atoms with Crippen LogP contribution in [-0.4, -0.2) is 33.3 Å². The molecule has 0 atom stereocenters. The first-order valence-electron chi connectivity index (χ1n) is 8.42. The number of amides is 2. The Labute approximate surface area is 159 Å². The summed E-state index contributed by atoms with van der Waals surface area (Å²) in [5.74, 6) is -0.515. The fraction of sp³-hybridized carbons (Fsp3) is 0.263. The van der Waals surface area contributed by atoms with Crippen LogP contribution in [-0.2, 0) is 14.8 Å². The van der Waals surface area contributed by atoms with Crippen LogP contribution < -0.4 is 15.4 Å². The maximum atomic E-state index is 12.4. The molecule has 0 radical (unpaired) electrons. The molecule has 2 aromatic rings. The van der Waals surface area contributed by atoms with E-state index in [1.165, 1.54) is 6.92 Å². The highest BCUT2D eigenvalue weighted by molar-refractivity contribution is 7.89. The van der Waals surface area contributed by atoms with E-state index in [0.29, 0.717) is 16.8 Å². The minimum absolute atomic E-state index is 0.0748. The van der Waals surface area contributed by atoms with E-state index in [-0.39, 0.29) is 29.8 Å². The van der Waals surface area contributed by atoms with E-state index in [2.05, 4.69) is 15.4 Å². The van der Waals surface area contributed by atoms with Crippen molar-refractivity contribution in [2.75, 3.05) is 18.4 Å². The molecular formula is C19H23N3O4S. The van der Waals surface area contributed by atoms with Crippen LogP contribution in [0.4, 0.5) is 5.69 Å². The van der Waals surface area contributed by atoms with Crippen molar-refractivity contribution in [1.82, 2.24) is 10.0 Å². The lowest BCUT2D eigenvalue weighted by Gasteiger charge is -2.11. The van der Waals surface area contributed by atoms with E-state index in [1.54, 1.807) is 43.3 Å². The molecule has 0 aliphatic rings. The van der Waals surface area contributed by atoms with Crippen molar-refractivity contribution in [3.8, 4) is 0 Å². The molecule has 144 valence electrons. The Bertz CT molecular complexity index is 938. The number of rotatable bonds is 7. The summed E-state index contributed by atoms with van der Waals surface area (Å²) in [6.07, 6.45) is 0. The average Bonchev–Trinajstić information content (AvgIpc) is 2.60. The normalized spacial score (nSPS) is 11.1. The fourth-order valence-corrected chi connectivity index (χ4v) is 3.81. The van der Waals surface area contributed by atoms with E-state index in [9.17, 15) is 18.0 Å². The van der Waals surface area contributed by atoms with Crippen LogP contribution in [0.15, 0.2) is 47.4 Å². The third-order valence-electron chi connectivity index (χ3n) is 3.80. The molecule has 2 aromatic carbocycles. The van der Waals surface area contributed by atoms with Crippen molar-refractivity contribution < 1.29 is 18.0 Å². The lowest BCUT2D eigenvalue weighted by Crippen LogP contribution is -2.35. The maximum absolute atomic E-state index is 12.4. The van der Waals surface area contributed by atoms with Crippen LogP contribution in [0, 0.1) is 13.8 Å². The van der Waals surface area contributed by atoms with Gasteiger partial charge in [-0.3, -0.25) is 9.59 Å². The number of nitrogens with one attached hydrogen (secondary N) is 3. The summed E-state index contributed by atoms with van der Waals surface area (Å²) >= 11 is 0. The fourth-order valence-electron chi connectivity index (χ4n) is 2.45. The minimum atomic E-state index is -3.63. The summed E-state index contributed by atoms with van der Waals surface area (Å²) in [6.45, 7) is 5.19. The van der Waals surface area contributed by atoms with Crippen molar-refractivity contribution in [3.05, 3.63) is 59.2 Å². The summed E-state index contributed by atoms with van der Waals surface area (Å²) < 4.78 is 27.3. The second kappa shape index (κ2) is 8.79. The van der Waals surface area contributed by atoms with Crippen molar-refractivity contribution in [3.63, 3.8) is 0 Å². The molecule has 0 aliphatic heterocycles. The monoisotopic (exact) mass is 389 g/mol. The van der Waals surface area contributed by atoms with Crippen molar-refractivity contribution in [2.24, 2.45) is 0 Å². The molecule has 0 unspecified atom stereocenters. The lowest BCUT2D eigenvalue weighted by atomic mass is 10.2. The van der Waals surface area contributed by atoms with E-state index in [4.69, 9.17) is 0 Å². The molecule has 0 aliphatic carbocycles. The van der Waals surface area contributed by atoms with Gasteiger partial charge in [-0.2, -0.15) is 0 Å². The SMILES string of the molecule is CC(=O)Nc1ccc(C(=O)NCCNS(=O)(=O)c2cc(C)ccc2C)cc1. The van der Waals surface area contributed by atoms with Crippen LogP contribution >= 0.6 is 0 Å². The molecule has 3 N–H and O–H groups in total. The Morgan fingerprint density at radius 1 is 0.963 bits per heavy atom. The largest absolute Gasteiger partial charge is 0.351 e. The lowest BCUT2D eigenvalue weighted by molar-refractivity contribution is -0.114. The topological polar surface area (TPSA) is 104 Å². The first kappa shape index (κ1) is 20.6. The van der Waals surface area contributed by atoms with Crippen molar-refractivity contribution in [1.29, 1.82) is 0 Å². The Hall–Kier alpha value is -2.71. The Balaban J connectivity index is 1.88. The van der Waals surface area contributed by atoms with Gasteiger partial charge in [0, 0.05) is 31.3 Å². The zero-order chi connectivity index (χ0) is 20.0. The van der Waals surface area contributed by atoms with Gasteiger partial charge in [0.25, 0.3) is 5.91 Å². The van der Waals surface area contributed by atoms with Crippen LogP contribution in [0.5, 0.6) is 0 Å². The minimum Gasteiger partial charge on any atom is -0.351 e. The molecule has 8 heteroatoms. The van der Waals surface area contributed by atoms with E-state index < -0.39 is 10.0 Å². The number of hydrogen-bond donors (Lipinski definition) is 3. The van der Waals surface area contributed by atoms with Gasteiger partial charge in [-0.05, 0) is 55.3 Å². The number of carbonyl (C=O) groups is 2. The first-order chi connectivity index (χ1) is 12.7. The van der Waals surface area contributed by atoms with Gasteiger partial charge in [0.05, 0.1) is 4.90 Å². The first-order valence-corrected chi connectivity index (χ1v) is 9.90. The Morgan fingerprint density at radius 3 is 2.26 bits per heavy atom. The smallest absolute Gasteiger partial charge is 0.251 e. The zero-order valence-corrected chi connectivity index (χ0v) is 16.3. The van der Waals surface area contributed by atoms with E-state index in [1.807, 2.05) is 13.0 Å². The molecule has 0 saturated heterocycles. The van der Waals surface area contributed by atoms with Gasteiger partial charge in [0.2, 0.25) is 15.9 Å². The van der Waals surface area contributed by atoms with Crippen molar-refractivity contribution in [2.45, 2.75) is 25.7 Å². The highest BCUT2D eigenvalue weighted by Crippen LogP contribution is 2.16. The van der Waals surface area contributed by atoms with Crippen molar-refractivity contribution >= 4 is 27.5 Å². The number of anilines is 1. The third-order valence-corrected chi connectivity index (χ3v) is 5.41. The van der Waals surface area contributed by atoms with Crippen LogP contribution in [0.2, 0.25) is 0 Å². The van der Waals surface area contributed by atoms with Crippen LogP contribution in [0.1, 0.15) is 28.4 Å².